The summed E-state index contributed by atoms with van der Waals surface area (Å²) in [4.78, 5) is 0. The number of hydrogen-bond donors (Lipinski definition) is 2. The third-order valence-electron chi connectivity index (χ3n) is 4.35. The number of nitrogen functional groups attached to an aromatic ring is 2. The van der Waals surface area contributed by atoms with Crippen molar-refractivity contribution in [2.45, 2.75) is 0 Å². The molecule has 24 heavy (non-hydrogen) atoms. The average Bonchev–Trinajstić information content (AvgIpc) is 2.56. The topological polar surface area (TPSA) is 55.9 Å². The van der Waals surface area contributed by atoms with Crippen LogP contribution in [0, 0.1) is 0 Å². The van der Waals surface area contributed by atoms with Gasteiger partial charge in [-0.2, -0.15) is 4.57 Å². The number of pyridine rings is 1. The summed E-state index contributed by atoms with van der Waals surface area (Å²) in [5.41, 5.74) is 17.0. The van der Waals surface area contributed by atoms with E-state index in [9.17, 15) is 0 Å². The van der Waals surface area contributed by atoms with Gasteiger partial charge in [-0.1, -0.05) is 24.3 Å². The Bertz CT molecular complexity index is 1040. The molecule has 0 spiro atoms. The highest BCUT2D eigenvalue weighted by Gasteiger charge is 2.20. The minimum absolute atomic E-state index is 0. The second kappa shape index (κ2) is 6.13. The van der Waals surface area contributed by atoms with Crippen molar-refractivity contribution in [2.75, 3.05) is 11.5 Å². The van der Waals surface area contributed by atoms with Crippen LogP contribution in [0.4, 0.5) is 11.4 Å². The SMILES string of the molecule is C[n+]1c(-c2ccccc2)c2cc(N)ccc2c2ccc(N)cc21.[Br-]. The molecule has 4 heteroatoms. The van der Waals surface area contributed by atoms with Gasteiger partial charge in [0.25, 0.3) is 0 Å². The monoisotopic (exact) mass is 379 g/mol. The normalized spacial score (nSPS) is 10.7. The molecule has 0 saturated heterocycles. The molecule has 4 N–H and O–H groups in total. The van der Waals surface area contributed by atoms with Crippen LogP contribution in [-0.4, -0.2) is 0 Å². The summed E-state index contributed by atoms with van der Waals surface area (Å²) >= 11 is 0. The average molecular weight is 380 g/mol. The number of hydrogen-bond acceptors (Lipinski definition) is 2. The molecule has 0 radical (unpaired) electrons. The van der Waals surface area contributed by atoms with E-state index >= 15 is 0 Å². The van der Waals surface area contributed by atoms with Crippen molar-refractivity contribution in [3.8, 4) is 11.3 Å². The first-order chi connectivity index (χ1) is 11.1. The molecule has 1 heterocycles. The van der Waals surface area contributed by atoms with Crippen molar-refractivity contribution in [3.63, 3.8) is 0 Å². The molecule has 0 saturated carbocycles. The van der Waals surface area contributed by atoms with Crippen molar-refractivity contribution in [3.05, 3.63) is 66.7 Å². The Balaban J connectivity index is 0.00000169. The molecule has 1 aromatic heterocycles. The lowest BCUT2D eigenvalue weighted by atomic mass is 9.98. The Morgan fingerprint density at radius 1 is 0.708 bits per heavy atom. The molecule has 0 atom stereocenters. The summed E-state index contributed by atoms with van der Waals surface area (Å²) in [6.45, 7) is 0. The summed E-state index contributed by atoms with van der Waals surface area (Å²) in [5.74, 6) is 0. The zero-order valence-electron chi connectivity index (χ0n) is 13.3. The van der Waals surface area contributed by atoms with Crippen molar-refractivity contribution in [1.82, 2.24) is 0 Å². The molecule has 0 aliphatic rings. The molecule has 0 fully saturated rings. The Morgan fingerprint density at radius 3 is 2.04 bits per heavy atom. The van der Waals surface area contributed by atoms with Crippen LogP contribution in [0.15, 0.2) is 66.7 Å². The smallest absolute Gasteiger partial charge is 0.220 e. The maximum atomic E-state index is 6.06. The van der Waals surface area contributed by atoms with Crippen LogP contribution in [0.5, 0.6) is 0 Å². The number of benzene rings is 3. The van der Waals surface area contributed by atoms with E-state index < -0.39 is 0 Å². The van der Waals surface area contributed by atoms with Gasteiger partial charge in [0.2, 0.25) is 11.2 Å². The first-order valence-corrected chi connectivity index (χ1v) is 7.61. The maximum absolute atomic E-state index is 6.06. The van der Waals surface area contributed by atoms with Gasteiger partial charge in [0.05, 0.1) is 10.8 Å². The molecule has 0 aliphatic carbocycles. The van der Waals surface area contributed by atoms with E-state index in [1.807, 2.05) is 30.3 Å². The predicted octanol–water partition coefficient (Wildman–Crippen LogP) is 0.653. The van der Waals surface area contributed by atoms with Crippen molar-refractivity contribution in [1.29, 1.82) is 0 Å². The van der Waals surface area contributed by atoms with Gasteiger partial charge in [-0.25, -0.2) is 0 Å². The van der Waals surface area contributed by atoms with Gasteiger partial charge in [0, 0.05) is 28.4 Å². The summed E-state index contributed by atoms with van der Waals surface area (Å²) in [5, 5.41) is 3.51. The molecule has 4 rings (SSSR count). The van der Waals surface area contributed by atoms with E-state index in [1.165, 1.54) is 10.8 Å². The highest BCUT2D eigenvalue weighted by Crippen LogP contribution is 2.32. The molecule has 120 valence electrons. The first-order valence-electron chi connectivity index (χ1n) is 7.61. The number of fused-ring (bicyclic) bond motifs is 3. The van der Waals surface area contributed by atoms with Crippen LogP contribution in [-0.2, 0) is 7.05 Å². The molecule has 4 aromatic rings. The molecule has 0 bridgehead atoms. The molecule has 3 nitrogen and oxygen atoms in total. The minimum Gasteiger partial charge on any atom is -1.00 e. The molecule has 0 aliphatic heterocycles. The van der Waals surface area contributed by atoms with Crippen molar-refractivity contribution in [2.24, 2.45) is 7.05 Å². The number of nitrogens with two attached hydrogens (primary N) is 2. The zero-order chi connectivity index (χ0) is 16.0. The molecule has 0 amide bonds. The van der Waals surface area contributed by atoms with E-state index in [4.69, 9.17) is 11.5 Å². The second-order valence-electron chi connectivity index (χ2n) is 5.86. The fourth-order valence-electron chi connectivity index (χ4n) is 3.29. The van der Waals surface area contributed by atoms with Gasteiger partial charge in [-0.15, -0.1) is 0 Å². The summed E-state index contributed by atoms with van der Waals surface area (Å²) in [6, 6.07) is 22.5. The van der Waals surface area contributed by atoms with Gasteiger partial charge in [0.1, 0.15) is 7.05 Å². The quantitative estimate of drug-likeness (QED) is 0.290. The third-order valence-corrected chi connectivity index (χ3v) is 4.35. The molecular formula is C20H18BrN3. The van der Waals surface area contributed by atoms with Crippen LogP contribution >= 0.6 is 0 Å². The zero-order valence-corrected chi connectivity index (χ0v) is 14.9. The Labute approximate surface area is 151 Å². The minimum atomic E-state index is 0. The summed E-state index contributed by atoms with van der Waals surface area (Å²) in [6.07, 6.45) is 0. The van der Waals surface area contributed by atoms with Crippen LogP contribution < -0.4 is 33.0 Å². The van der Waals surface area contributed by atoms with Crippen LogP contribution in [0.3, 0.4) is 0 Å². The van der Waals surface area contributed by atoms with E-state index in [2.05, 4.69) is 48.0 Å². The Morgan fingerprint density at radius 2 is 1.33 bits per heavy atom. The fourth-order valence-corrected chi connectivity index (χ4v) is 3.29. The Hall–Kier alpha value is -2.59. The fraction of sp³-hybridized carbons (Fsp3) is 0.0500. The number of anilines is 2. The number of aromatic nitrogens is 1. The highest BCUT2D eigenvalue weighted by molar-refractivity contribution is 6.10. The maximum Gasteiger partial charge on any atom is 0.220 e. The van der Waals surface area contributed by atoms with Crippen LogP contribution in [0.2, 0.25) is 0 Å². The highest BCUT2D eigenvalue weighted by atomic mass is 79.9. The second-order valence-corrected chi connectivity index (χ2v) is 5.86. The van der Waals surface area contributed by atoms with Crippen LogP contribution in [0.25, 0.3) is 32.9 Å². The van der Waals surface area contributed by atoms with E-state index in [0.29, 0.717) is 0 Å². The molecule has 0 unspecified atom stereocenters. The van der Waals surface area contributed by atoms with Gasteiger partial charge in [0.15, 0.2) is 0 Å². The van der Waals surface area contributed by atoms with Gasteiger partial charge < -0.3 is 28.4 Å². The summed E-state index contributed by atoms with van der Waals surface area (Å²) in [7, 11) is 2.08. The lowest BCUT2D eigenvalue weighted by Crippen LogP contribution is -3.00. The number of aryl methyl sites for hydroxylation is 1. The van der Waals surface area contributed by atoms with E-state index in [1.54, 1.807) is 0 Å². The lowest BCUT2D eigenvalue weighted by molar-refractivity contribution is -0.632. The van der Waals surface area contributed by atoms with E-state index in [-0.39, 0.29) is 17.0 Å². The van der Waals surface area contributed by atoms with Crippen molar-refractivity contribution < 1.29 is 21.5 Å². The standard InChI is InChI=1S/C20H17N3.BrH/c1-23-19-12-15(22)8-10-17(19)16-9-7-14(21)11-18(16)20(23)13-5-3-2-4-6-13;/h2-12,22H,21H2,1H3;1H. The third kappa shape index (κ3) is 2.49. The van der Waals surface area contributed by atoms with Crippen molar-refractivity contribution >= 4 is 33.1 Å². The molecule has 3 aromatic carbocycles. The largest absolute Gasteiger partial charge is 1.00 e. The van der Waals surface area contributed by atoms with Gasteiger partial charge in [-0.3, -0.25) is 0 Å². The van der Waals surface area contributed by atoms with Gasteiger partial charge in [-0.05, 0) is 36.4 Å². The number of rotatable bonds is 1. The Kier molecular flexibility index (Phi) is 4.16. The lowest BCUT2D eigenvalue weighted by Gasteiger charge is -2.10. The first kappa shape index (κ1) is 16.3. The number of halogens is 1. The van der Waals surface area contributed by atoms with Crippen LogP contribution in [0.1, 0.15) is 0 Å². The summed E-state index contributed by atoms with van der Waals surface area (Å²) < 4.78 is 2.20. The van der Waals surface area contributed by atoms with Gasteiger partial charge >= 0.3 is 0 Å². The molecular weight excluding hydrogens is 362 g/mol. The predicted molar refractivity (Wildman–Crippen MR) is 96.9 cm³/mol. The number of nitrogens with zero attached hydrogens (tertiary/aromatic N) is 1. The van der Waals surface area contributed by atoms with E-state index in [0.717, 1.165) is 33.5 Å².